The molecule has 0 aromatic heterocycles. The molecule has 1 aliphatic heterocycles. The maximum atomic E-state index is 14.2. The minimum Gasteiger partial charge on any atom is -0.389 e. The molecule has 1 aromatic rings. The van der Waals surface area contributed by atoms with Crippen LogP contribution in [0.2, 0.25) is 0 Å². The van der Waals surface area contributed by atoms with Crippen LogP contribution in [0.25, 0.3) is 0 Å². The van der Waals surface area contributed by atoms with Crippen LogP contribution in [-0.4, -0.2) is 31.0 Å². The quantitative estimate of drug-likeness (QED) is 0.832. The van der Waals surface area contributed by atoms with Crippen LogP contribution < -0.4 is 16.0 Å². The molecule has 7 heteroatoms. The van der Waals surface area contributed by atoms with E-state index < -0.39 is 17.0 Å². The molecule has 1 atom stereocenters. The number of halogens is 2. The normalized spacial score (nSPS) is 21.4. The molecule has 4 nitrogen and oxygen atoms in total. The Hall–Kier alpha value is -1.76. The average Bonchev–Trinajstić information content (AvgIpc) is 2.80. The highest BCUT2D eigenvalue weighted by molar-refractivity contribution is 7.80. The molecule has 114 valence electrons. The maximum absolute atomic E-state index is 14.2. The third-order valence-corrected chi connectivity index (χ3v) is 4.10. The molecule has 1 unspecified atom stereocenters. The Kier molecular flexibility index (Phi) is 4.13. The number of thiocarbonyl (C=S) groups is 1. The fraction of sp³-hybridized carbons (Fsp3) is 0.429. The first-order valence-corrected chi connectivity index (χ1v) is 6.95. The number of carbonyl (C=O) groups is 1. The van der Waals surface area contributed by atoms with E-state index in [0.29, 0.717) is 13.0 Å². The second-order valence-electron chi connectivity index (χ2n) is 5.46. The van der Waals surface area contributed by atoms with Gasteiger partial charge in [0.15, 0.2) is 0 Å². The molecule has 1 amide bonds. The molecule has 21 heavy (non-hydrogen) atoms. The van der Waals surface area contributed by atoms with Crippen LogP contribution in [0.1, 0.15) is 18.9 Å². The number of hydrogen-bond donors (Lipinski definition) is 2. The van der Waals surface area contributed by atoms with Crippen LogP contribution in [0.3, 0.4) is 0 Å². The summed E-state index contributed by atoms with van der Waals surface area (Å²) in [6.45, 7) is 2.45. The first-order chi connectivity index (χ1) is 9.78. The standard InChI is InChI=1S/C14H17F2N3OS/c1-14(13(20)18-2)3-4-19(7-14)11-9(15)5-8(12(17)21)6-10(11)16/h5-6H,3-4,7H2,1-2H3,(H2,17,21)(H,18,20). The largest absolute Gasteiger partial charge is 0.389 e. The van der Waals surface area contributed by atoms with E-state index in [2.05, 4.69) is 5.32 Å². The van der Waals surface area contributed by atoms with Gasteiger partial charge in [-0.2, -0.15) is 0 Å². The first kappa shape index (κ1) is 15.6. The van der Waals surface area contributed by atoms with Gasteiger partial charge in [0.2, 0.25) is 5.91 Å². The third kappa shape index (κ3) is 2.83. The molecule has 0 bridgehead atoms. The van der Waals surface area contributed by atoms with E-state index in [0.717, 1.165) is 12.1 Å². The zero-order valence-corrected chi connectivity index (χ0v) is 12.7. The van der Waals surface area contributed by atoms with Gasteiger partial charge in [-0.3, -0.25) is 4.79 Å². The Balaban J connectivity index is 2.33. The fourth-order valence-electron chi connectivity index (χ4n) is 2.65. The van der Waals surface area contributed by atoms with Gasteiger partial charge in [0, 0.05) is 25.7 Å². The molecule has 1 aromatic carbocycles. The second kappa shape index (κ2) is 5.55. The lowest BCUT2D eigenvalue weighted by molar-refractivity contribution is -0.128. The minimum atomic E-state index is -0.723. The monoisotopic (exact) mass is 313 g/mol. The highest BCUT2D eigenvalue weighted by Crippen LogP contribution is 2.36. The zero-order valence-electron chi connectivity index (χ0n) is 11.9. The summed E-state index contributed by atoms with van der Waals surface area (Å²) in [5.74, 6) is -1.58. The van der Waals surface area contributed by atoms with Gasteiger partial charge in [-0.25, -0.2) is 8.78 Å². The van der Waals surface area contributed by atoms with Gasteiger partial charge in [-0.1, -0.05) is 12.2 Å². The summed E-state index contributed by atoms with van der Waals surface area (Å²) in [5.41, 5.74) is 4.74. The summed E-state index contributed by atoms with van der Waals surface area (Å²) in [5, 5.41) is 2.59. The number of nitrogens with two attached hydrogens (primary N) is 1. The summed E-state index contributed by atoms with van der Waals surface area (Å²) >= 11 is 4.72. The molecule has 1 saturated heterocycles. The Morgan fingerprint density at radius 1 is 1.43 bits per heavy atom. The molecule has 1 heterocycles. The van der Waals surface area contributed by atoms with E-state index in [1.165, 1.54) is 0 Å². The Morgan fingerprint density at radius 2 is 2.00 bits per heavy atom. The smallest absolute Gasteiger partial charge is 0.227 e. The highest BCUT2D eigenvalue weighted by atomic mass is 32.1. The lowest BCUT2D eigenvalue weighted by Crippen LogP contribution is -2.39. The van der Waals surface area contributed by atoms with E-state index in [9.17, 15) is 13.6 Å². The zero-order chi connectivity index (χ0) is 15.8. The van der Waals surface area contributed by atoms with Gasteiger partial charge in [0.25, 0.3) is 0 Å². The van der Waals surface area contributed by atoms with Crippen LogP contribution in [0.4, 0.5) is 14.5 Å². The summed E-state index contributed by atoms with van der Waals surface area (Å²) in [6.07, 6.45) is 0.530. The van der Waals surface area contributed by atoms with E-state index in [-0.39, 0.29) is 28.7 Å². The van der Waals surface area contributed by atoms with E-state index in [4.69, 9.17) is 18.0 Å². The van der Waals surface area contributed by atoms with Crippen LogP contribution >= 0.6 is 12.2 Å². The molecule has 0 radical (unpaired) electrons. The van der Waals surface area contributed by atoms with Crippen molar-refractivity contribution in [2.24, 2.45) is 11.1 Å². The Morgan fingerprint density at radius 3 is 2.48 bits per heavy atom. The van der Waals surface area contributed by atoms with Gasteiger partial charge in [-0.15, -0.1) is 0 Å². The van der Waals surface area contributed by atoms with Crippen molar-refractivity contribution in [2.75, 3.05) is 25.0 Å². The van der Waals surface area contributed by atoms with Crippen molar-refractivity contribution in [3.05, 3.63) is 29.3 Å². The number of hydrogen-bond acceptors (Lipinski definition) is 3. The van der Waals surface area contributed by atoms with E-state index in [1.54, 1.807) is 18.9 Å². The Bertz CT molecular complexity index is 585. The highest BCUT2D eigenvalue weighted by Gasteiger charge is 2.41. The molecular weight excluding hydrogens is 296 g/mol. The van der Waals surface area contributed by atoms with Gasteiger partial charge >= 0.3 is 0 Å². The lowest BCUT2D eigenvalue weighted by atomic mass is 9.89. The SMILES string of the molecule is CNC(=O)C1(C)CCN(c2c(F)cc(C(N)=S)cc2F)C1. The first-order valence-electron chi connectivity index (χ1n) is 6.54. The molecule has 1 fully saturated rings. The Labute approximate surface area is 127 Å². The van der Waals surface area contributed by atoms with Crippen molar-refractivity contribution in [1.82, 2.24) is 5.32 Å². The predicted octanol–water partition coefficient (Wildman–Crippen LogP) is 1.56. The molecule has 0 aliphatic carbocycles. The van der Waals surface area contributed by atoms with Crippen molar-refractivity contribution >= 4 is 28.8 Å². The molecular formula is C14H17F2N3OS. The van der Waals surface area contributed by atoms with Gasteiger partial charge < -0.3 is 16.0 Å². The van der Waals surface area contributed by atoms with Crippen molar-refractivity contribution in [3.8, 4) is 0 Å². The maximum Gasteiger partial charge on any atom is 0.227 e. The number of amides is 1. The summed E-state index contributed by atoms with van der Waals surface area (Å²) < 4.78 is 28.3. The molecule has 3 N–H and O–H groups in total. The minimum absolute atomic E-state index is 0.0593. The number of rotatable bonds is 3. The summed E-state index contributed by atoms with van der Waals surface area (Å²) in [7, 11) is 1.55. The van der Waals surface area contributed by atoms with Crippen LogP contribution in [0, 0.1) is 17.0 Å². The van der Waals surface area contributed by atoms with Crippen molar-refractivity contribution in [1.29, 1.82) is 0 Å². The number of carbonyl (C=O) groups excluding carboxylic acids is 1. The second-order valence-corrected chi connectivity index (χ2v) is 5.90. The average molecular weight is 313 g/mol. The van der Waals surface area contributed by atoms with Crippen LogP contribution in [0.15, 0.2) is 12.1 Å². The van der Waals surface area contributed by atoms with Crippen molar-refractivity contribution in [3.63, 3.8) is 0 Å². The molecule has 2 rings (SSSR count). The molecule has 1 aliphatic rings. The van der Waals surface area contributed by atoms with Crippen LogP contribution in [0.5, 0.6) is 0 Å². The summed E-state index contributed by atoms with van der Waals surface area (Å²) in [4.78, 5) is 13.4. The number of nitrogens with zero attached hydrogens (tertiary/aromatic N) is 1. The van der Waals surface area contributed by atoms with Gasteiger partial charge in [0.1, 0.15) is 22.3 Å². The molecule has 0 saturated carbocycles. The van der Waals surface area contributed by atoms with Crippen molar-refractivity contribution in [2.45, 2.75) is 13.3 Å². The lowest BCUT2D eigenvalue weighted by Gasteiger charge is -2.24. The van der Waals surface area contributed by atoms with Crippen molar-refractivity contribution < 1.29 is 13.6 Å². The topological polar surface area (TPSA) is 58.4 Å². The van der Waals surface area contributed by atoms with E-state index in [1.807, 2.05) is 0 Å². The number of benzene rings is 1. The predicted molar refractivity (Wildman–Crippen MR) is 81.2 cm³/mol. The number of anilines is 1. The summed E-state index contributed by atoms with van der Waals surface area (Å²) in [6, 6.07) is 2.24. The number of nitrogens with one attached hydrogen (secondary N) is 1. The van der Waals surface area contributed by atoms with Crippen LogP contribution in [-0.2, 0) is 4.79 Å². The van der Waals surface area contributed by atoms with Gasteiger partial charge in [0.05, 0.1) is 5.41 Å². The third-order valence-electron chi connectivity index (χ3n) is 3.87. The molecule has 0 spiro atoms. The fourth-order valence-corrected chi connectivity index (χ4v) is 2.77. The van der Waals surface area contributed by atoms with E-state index >= 15 is 0 Å². The van der Waals surface area contributed by atoms with Gasteiger partial charge in [-0.05, 0) is 25.5 Å².